The van der Waals surface area contributed by atoms with Gasteiger partial charge in [0.15, 0.2) is 0 Å². The average molecular weight is 1000 g/mol. The lowest BCUT2D eigenvalue weighted by molar-refractivity contribution is 0.590. The fraction of sp³-hybridized carbons (Fsp3) is 0.179. The van der Waals surface area contributed by atoms with E-state index < -0.39 is 0 Å². The summed E-state index contributed by atoms with van der Waals surface area (Å²) in [6.07, 6.45) is 0. The van der Waals surface area contributed by atoms with Crippen LogP contribution in [0.3, 0.4) is 0 Å². The molecule has 0 aromatic heterocycles. The third-order valence-electron chi connectivity index (χ3n) is 18.2. The van der Waals surface area contributed by atoms with E-state index in [2.05, 4.69) is 288 Å². The molecule has 0 amide bonds. The topological polar surface area (TPSA) is 0 Å². The van der Waals surface area contributed by atoms with Crippen LogP contribution in [0.25, 0.3) is 121 Å². The minimum atomic E-state index is -0.205. The predicted molar refractivity (Wildman–Crippen MR) is 336 cm³/mol. The van der Waals surface area contributed by atoms with Gasteiger partial charge in [-0.3, -0.25) is 0 Å². The van der Waals surface area contributed by atoms with Crippen LogP contribution in [0.15, 0.2) is 218 Å². The highest BCUT2D eigenvalue weighted by atomic mass is 14.4. The Balaban J connectivity index is 0.819. The highest BCUT2D eigenvalue weighted by molar-refractivity contribution is 6.23. The van der Waals surface area contributed by atoms with Crippen LogP contribution in [-0.4, -0.2) is 0 Å². The predicted octanol–water partition coefficient (Wildman–Crippen LogP) is 21.8. The number of hydrogen-bond acceptors (Lipinski definition) is 0. The van der Waals surface area contributed by atoms with E-state index in [1.807, 2.05) is 0 Å². The van der Waals surface area contributed by atoms with Crippen molar-refractivity contribution in [2.45, 2.75) is 90.9 Å². The average Bonchev–Trinajstić information content (AvgIpc) is 3.91. The molecule has 378 valence electrons. The lowest BCUT2D eigenvalue weighted by Crippen LogP contribution is -2.15. The molecule has 0 aliphatic heterocycles. The van der Waals surface area contributed by atoms with Crippen LogP contribution in [0.5, 0.6) is 0 Å². The van der Waals surface area contributed by atoms with Gasteiger partial charge < -0.3 is 0 Å². The molecule has 12 aromatic carbocycles. The van der Waals surface area contributed by atoms with Crippen LogP contribution in [0.4, 0.5) is 0 Å². The van der Waals surface area contributed by atoms with Gasteiger partial charge in [0, 0.05) is 10.8 Å². The maximum absolute atomic E-state index is 2.51. The largest absolute Gasteiger partial charge is 0.0616 e. The van der Waals surface area contributed by atoms with Gasteiger partial charge in [0.05, 0.1) is 0 Å². The lowest BCUT2D eigenvalue weighted by atomic mass is 9.79. The molecule has 0 saturated carbocycles. The summed E-state index contributed by atoms with van der Waals surface area (Å²) in [4.78, 5) is 0. The molecule has 0 heteroatoms. The Labute approximate surface area is 461 Å². The van der Waals surface area contributed by atoms with Gasteiger partial charge in [0.1, 0.15) is 0 Å². The van der Waals surface area contributed by atoms with E-state index in [0.717, 1.165) is 0 Å². The van der Waals surface area contributed by atoms with Gasteiger partial charge in [-0.05, 0) is 189 Å². The molecule has 14 rings (SSSR count). The fourth-order valence-corrected chi connectivity index (χ4v) is 13.9. The highest BCUT2D eigenvalue weighted by Crippen LogP contribution is 2.55. The molecule has 0 spiro atoms. The fourth-order valence-electron chi connectivity index (χ4n) is 13.9. The lowest BCUT2D eigenvalue weighted by Gasteiger charge is -2.24. The van der Waals surface area contributed by atoms with Crippen molar-refractivity contribution in [2.24, 2.45) is 0 Å². The van der Waals surface area contributed by atoms with E-state index in [1.54, 1.807) is 0 Å². The molecule has 0 radical (unpaired) electrons. The molecule has 0 saturated heterocycles. The van der Waals surface area contributed by atoms with Crippen molar-refractivity contribution in [3.05, 3.63) is 252 Å². The summed E-state index contributed by atoms with van der Waals surface area (Å²) in [7, 11) is 0. The van der Waals surface area contributed by atoms with Crippen LogP contribution >= 0.6 is 0 Å². The number of hydrogen-bond donors (Lipinski definition) is 0. The van der Waals surface area contributed by atoms with Crippen molar-refractivity contribution in [3.8, 4) is 77.9 Å². The first-order valence-corrected chi connectivity index (χ1v) is 28.2. The third kappa shape index (κ3) is 7.25. The standard InChI is InChI=1S/C78H66/c1-75(2,3)53-35-27-47(28-36-53)71-59-19-11-15-23-63(59)73(64-24-16-12-20-60(64)71)51-33-41-57-55-39-31-49(43-67(55)77(7,8)69(57)45-51)50-32-40-56-58-42-34-52(46-70(58)78(9,10)68(56)44-50)74-65-25-17-13-21-61(65)72(62-22-14-18-26-66(62)74)48-29-37-54(38-30-48)76(4,5)6/h11-46H,1-10H3. The second-order valence-corrected chi connectivity index (χ2v) is 25.6. The van der Waals surface area contributed by atoms with E-state index in [9.17, 15) is 0 Å². The number of benzene rings is 12. The second kappa shape index (κ2) is 17.1. The molecule has 2 aliphatic rings. The van der Waals surface area contributed by atoms with E-state index >= 15 is 0 Å². The Morgan fingerprint density at radius 3 is 0.679 bits per heavy atom. The van der Waals surface area contributed by atoms with Crippen molar-refractivity contribution in [2.75, 3.05) is 0 Å². The summed E-state index contributed by atoms with van der Waals surface area (Å²) < 4.78 is 0. The van der Waals surface area contributed by atoms with Crippen LogP contribution < -0.4 is 0 Å². The summed E-state index contributed by atoms with van der Waals surface area (Å²) in [5.41, 5.74) is 26.1. The van der Waals surface area contributed by atoms with Crippen molar-refractivity contribution in [1.29, 1.82) is 0 Å². The van der Waals surface area contributed by atoms with Crippen molar-refractivity contribution in [1.82, 2.24) is 0 Å². The molecule has 0 nitrogen and oxygen atoms in total. The molecule has 2 aliphatic carbocycles. The van der Waals surface area contributed by atoms with Gasteiger partial charge >= 0.3 is 0 Å². The zero-order chi connectivity index (χ0) is 53.6. The van der Waals surface area contributed by atoms with Gasteiger partial charge in [-0.25, -0.2) is 0 Å². The third-order valence-corrected chi connectivity index (χ3v) is 18.2. The molecule has 0 atom stereocenters. The quantitative estimate of drug-likeness (QED) is 0.151. The van der Waals surface area contributed by atoms with Gasteiger partial charge in [0.2, 0.25) is 0 Å². The van der Waals surface area contributed by atoms with Crippen LogP contribution in [0, 0.1) is 0 Å². The summed E-state index contributed by atoms with van der Waals surface area (Å²) >= 11 is 0. The van der Waals surface area contributed by atoms with E-state index in [4.69, 9.17) is 0 Å². The summed E-state index contributed by atoms with van der Waals surface area (Å²) in [5, 5.41) is 10.3. The molecule has 0 bridgehead atoms. The molecular formula is C78H66. The van der Waals surface area contributed by atoms with Crippen molar-refractivity contribution < 1.29 is 0 Å². The van der Waals surface area contributed by atoms with Crippen LogP contribution in [-0.2, 0) is 21.7 Å². The monoisotopic (exact) mass is 1000 g/mol. The maximum atomic E-state index is 2.51. The van der Waals surface area contributed by atoms with Crippen molar-refractivity contribution in [3.63, 3.8) is 0 Å². The normalized spacial score (nSPS) is 14.2. The molecule has 0 unspecified atom stereocenters. The Hall–Kier alpha value is -8.32. The number of rotatable bonds is 5. The molecule has 0 N–H and O–H groups in total. The highest BCUT2D eigenvalue weighted by Gasteiger charge is 2.38. The van der Waals surface area contributed by atoms with Crippen molar-refractivity contribution >= 4 is 43.1 Å². The SMILES string of the molecule is CC(C)(C)c1ccc(-c2c3ccccc3c(-c3ccc4c(c3)C(C)(C)c3cc(-c5ccc6c(c5)C(C)(C)c5cc(-c7c8ccccc8c(-c8ccc(C(C)(C)C)cc8)c8ccccc78)ccc5-6)ccc3-4)c3ccccc23)cc1. The maximum Gasteiger partial charge on any atom is 0.0159 e. The van der Waals surface area contributed by atoms with Crippen LogP contribution in [0.1, 0.15) is 103 Å². The zero-order valence-corrected chi connectivity index (χ0v) is 46.8. The summed E-state index contributed by atoms with van der Waals surface area (Å²) in [6, 6.07) is 83.8. The summed E-state index contributed by atoms with van der Waals surface area (Å²) in [6.45, 7) is 23.4. The molecule has 12 aromatic rings. The van der Waals surface area contributed by atoms with E-state index in [0.29, 0.717) is 0 Å². The van der Waals surface area contributed by atoms with Gasteiger partial charge in [-0.1, -0.05) is 263 Å². The first-order chi connectivity index (χ1) is 37.5. The minimum Gasteiger partial charge on any atom is -0.0616 e. The molecule has 0 heterocycles. The molecular weight excluding hydrogens is 937 g/mol. The van der Waals surface area contributed by atoms with Gasteiger partial charge in [0.25, 0.3) is 0 Å². The zero-order valence-electron chi connectivity index (χ0n) is 46.8. The Kier molecular flexibility index (Phi) is 10.5. The van der Waals surface area contributed by atoms with Gasteiger partial charge in [-0.2, -0.15) is 0 Å². The minimum absolute atomic E-state index is 0.0942. The van der Waals surface area contributed by atoms with E-state index in [1.165, 1.54) is 154 Å². The van der Waals surface area contributed by atoms with E-state index in [-0.39, 0.29) is 21.7 Å². The Bertz CT molecular complexity index is 4060. The molecule has 0 fully saturated rings. The smallest absolute Gasteiger partial charge is 0.0159 e. The first kappa shape index (κ1) is 48.1. The first-order valence-electron chi connectivity index (χ1n) is 28.2. The second-order valence-electron chi connectivity index (χ2n) is 25.6. The number of fused-ring (bicyclic) bond motifs is 10. The summed E-state index contributed by atoms with van der Waals surface area (Å²) in [5.74, 6) is 0. The van der Waals surface area contributed by atoms with Gasteiger partial charge in [-0.15, -0.1) is 0 Å². The Morgan fingerprint density at radius 1 is 0.231 bits per heavy atom. The molecule has 78 heavy (non-hydrogen) atoms. The van der Waals surface area contributed by atoms with Crippen LogP contribution in [0.2, 0.25) is 0 Å². The Morgan fingerprint density at radius 2 is 0.436 bits per heavy atom.